The van der Waals surface area contributed by atoms with Gasteiger partial charge in [0, 0.05) is 12.0 Å². The van der Waals surface area contributed by atoms with E-state index in [1.165, 1.54) is 5.56 Å². The van der Waals surface area contributed by atoms with Gasteiger partial charge in [-0.25, -0.2) is 4.79 Å². The molecule has 0 aliphatic carbocycles. The fourth-order valence-electron chi connectivity index (χ4n) is 2.90. The molecule has 0 aliphatic heterocycles. The van der Waals surface area contributed by atoms with Crippen LogP contribution in [0.3, 0.4) is 0 Å². The molecule has 4 heteroatoms. The fraction of sp³-hybridized carbons (Fsp3) is 0.130. The molecule has 3 aromatic carbocycles. The molecule has 0 radical (unpaired) electrons. The van der Waals surface area contributed by atoms with Crippen molar-refractivity contribution in [3.63, 3.8) is 0 Å². The molecule has 0 saturated heterocycles. The predicted octanol–water partition coefficient (Wildman–Crippen LogP) is 3.70. The predicted molar refractivity (Wildman–Crippen MR) is 105 cm³/mol. The molecule has 0 heterocycles. The molecule has 3 rings (SSSR count). The minimum atomic E-state index is -1.05. The van der Waals surface area contributed by atoms with Gasteiger partial charge in [-0.3, -0.25) is 4.79 Å². The number of nitrogens with one attached hydrogen (secondary N) is 1. The second-order valence-electron chi connectivity index (χ2n) is 6.41. The summed E-state index contributed by atoms with van der Waals surface area (Å²) in [5.74, 6) is -1.43. The van der Waals surface area contributed by atoms with Gasteiger partial charge in [0.15, 0.2) is 0 Å². The van der Waals surface area contributed by atoms with Gasteiger partial charge in [-0.15, -0.1) is 0 Å². The number of hydrogen-bond acceptors (Lipinski definition) is 2. The van der Waals surface area contributed by atoms with Crippen LogP contribution >= 0.6 is 0 Å². The Hall–Kier alpha value is -3.40. The van der Waals surface area contributed by atoms with E-state index in [1.54, 1.807) is 12.1 Å². The highest BCUT2D eigenvalue weighted by Gasteiger charge is 2.21. The van der Waals surface area contributed by atoms with Gasteiger partial charge in [0.1, 0.15) is 6.04 Å². The van der Waals surface area contributed by atoms with Crippen molar-refractivity contribution in [2.45, 2.75) is 18.9 Å². The molecule has 0 fully saturated rings. The molecule has 0 spiro atoms. The second-order valence-corrected chi connectivity index (χ2v) is 6.41. The molecule has 0 aliphatic rings. The van der Waals surface area contributed by atoms with Gasteiger partial charge in [-0.05, 0) is 35.2 Å². The molecule has 136 valence electrons. The van der Waals surface area contributed by atoms with E-state index in [0.29, 0.717) is 5.56 Å². The molecule has 3 aromatic rings. The van der Waals surface area contributed by atoms with Gasteiger partial charge < -0.3 is 10.4 Å². The number of carboxylic acid groups (broad SMARTS) is 1. The molecule has 0 unspecified atom stereocenters. The maximum Gasteiger partial charge on any atom is 0.326 e. The summed E-state index contributed by atoms with van der Waals surface area (Å²) >= 11 is 0. The van der Waals surface area contributed by atoms with Crippen LogP contribution in [0, 0.1) is 0 Å². The molecule has 2 N–H and O–H groups in total. The highest BCUT2D eigenvalue weighted by molar-refractivity contribution is 5.96. The summed E-state index contributed by atoms with van der Waals surface area (Å²) < 4.78 is 0. The lowest BCUT2D eigenvalue weighted by Gasteiger charge is -2.15. The van der Waals surface area contributed by atoms with Crippen molar-refractivity contribution in [2.75, 3.05) is 0 Å². The van der Waals surface area contributed by atoms with Crippen molar-refractivity contribution in [2.24, 2.45) is 0 Å². The van der Waals surface area contributed by atoms with Gasteiger partial charge in [-0.2, -0.15) is 0 Å². The Morgan fingerprint density at radius 1 is 0.741 bits per heavy atom. The number of carboxylic acids is 1. The van der Waals surface area contributed by atoms with Crippen molar-refractivity contribution >= 4 is 11.9 Å². The average molecular weight is 359 g/mol. The van der Waals surface area contributed by atoms with Gasteiger partial charge in [-0.1, -0.05) is 72.8 Å². The topological polar surface area (TPSA) is 66.4 Å². The molecular weight excluding hydrogens is 338 g/mol. The van der Waals surface area contributed by atoms with Gasteiger partial charge in [0.2, 0.25) is 0 Å². The fourth-order valence-corrected chi connectivity index (χ4v) is 2.90. The average Bonchev–Trinajstić information content (AvgIpc) is 2.69. The first-order valence-electron chi connectivity index (χ1n) is 8.82. The number of rotatable bonds is 7. The molecule has 0 saturated carbocycles. The highest BCUT2D eigenvalue weighted by Crippen LogP contribution is 2.11. The monoisotopic (exact) mass is 359 g/mol. The largest absolute Gasteiger partial charge is 0.480 e. The Bertz CT molecular complexity index is 890. The highest BCUT2D eigenvalue weighted by atomic mass is 16.4. The lowest BCUT2D eigenvalue weighted by molar-refractivity contribution is -0.139. The Labute approximate surface area is 158 Å². The van der Waals surface area contributed by atoms with Crippen molar-refractivity contribution in [1.82, 2.24) is 5.32 Å². The summed E-state index contributed by atoms with van der Waals surface area (Å²) in [7, 11) is 0. The molecule has 0 bridgehead atoms. The first-order valence-corrected chi connectivity index (χ1v) is 8.82. The van der Waals surface area contributed by atoms with Crippen LogP contribution in [0.15, 0.2) is 84.9 Å². The molecular formula is C23H21NO3. The number of carbonyl (C=O) groups is 2. The van der Waals surface area contributed by atoms with Crippen LogP contribution in [0.4, 0.5) is 0 Å². The van der Waals surface area contributed by atoms with E-state index in [0.717, 1.165) is 17.5 Å². The Balaban J connectivity index is 1.64. The van der Waals surface area contributed by atoms with E-state index in [-0.39, 0.29) is 12.3 Å². The smallest absolute Gasteiger partial charge is 0.326 e. The minimum Gasteiger partial charge on any atom is -0.480 e. The number of aliphatic carboxylic acids is 1. The third-order valence-electron chi connectivity index (χ3n) is 4.35. The van der Waals surface area contributed by atoms with Crippen LogP contribution in [0.1, 0.15) is 27.0 Å². The van der Waals surface area contributed by atoms with Gasteiger partial charge in [0.05, 0.1) is 0 Å². The van der Waals surface area contributed by atoms with Crippen LogP contribution in [-0.2, 0) is 17.6 Å². The van der Waals surface area contributed by atoms with Gasteiger partial charge >= 0.3 is 5.97 Å². The number of amides is 1. The minimum absolute atomic E-state index is 0.244. The molecule has 0 aromatic heterocycles. The Morgan fingerprint density at radius 2 is 1.26 bits per heavy atom. The van der Waals surface area contributed by atoms with Crippen LogP contribution < -0.4 is 5.32 Å². The van der Waals surface area contributed by atoms with Crippen molar-refractivity contribution in [3.8, 4) is 0 Å². The lowest BCUT2D eigenvalue weighted by Crippen LogP contribution is -2.42. The third-order valence-corrected chi connectivity index (χ3v) is 4.35. The standard InChI is InChI=1S/C23H21NO3/c25-22(24-21(23(26)27)16-18-9-5-2-6-10-18)20-13-11-19(12-14-20)15-17-7-3-1-4-8-17/h1-14,21H,15-16H2,(H,24,25)(H,26,27)/t21-/m0/s1. The lowest BCUT2D eigenvalue weighted by atomic mass is 10.0. The number of hydrogen-bond donors (Lipinski definition) is 2. The first kappa shape index (κ1) is 18.4. The maximum atomic E-state index is 12.4. The molecule has 4 nitrogen and oxygen atoms in total. The zero-order valence-corrected chi connectivity index (χ0v) is 14.8. The van der Waals surface area contributed by atoms with E-state index in [2.05, 4.69) is 17.4 Å². The third kappa shape index (κ3) is 5.28. The second kappa shape index (κ2) is 8.81. The van der Waals surface area contributed by atoms with Gasteiger partial charge in [0.25, 0.3) is 5.91 Å². The normalized spacial score (nSPS) is 11.6. The number of benzene rings is 3. The summed E-state index contributed by atoms with van der Waals surface area (Å²) in [5.41, 5.74) is 3.61. The van der Waals surface area contributed by atoms with E-state index in [4.69, 9.17) is 0 Å². The van der Waals surface area contributed by atoms with E-state index < -0.39 is 12.0 Å². The Morgan fingerprint density at radius 3 is 1.81 bits per heavy atom. The van der Waals surface area contributed by atoms with Crippen LogP contribution in [-0.4, -0.2) is 23.0 Å². The first-order chi connectivity index (χ1) is 13.1. The number of carbonyl (C=O) groups excluding carboxylic acids is 1. The van der Waals surface area contributed by atoms with Crippen LogP contribution in [0.25, 0.3) is 0 Å². The van der Waals surface area contributed by atoms with E-state index >= 15 is 0 Å². The van der Waals surface area contributed by atoms with Crippen LogP contribution in [0.5, 0.6) is 0 Å². The summed E-state index contributed by atoms with van der Waals surface area (Å²) in [6.07, 6.45) is 1.03. The van der Waals surface area contributed by atoms with Crippen molar-refractivity contribution < 1.29 is 14.7 Å². The van der Waals surface area contributed by atoms with E-state index in [9.17, 15) is 14.7 Å². The summed E-state index contributed by atoms with van der Waals surface area (Å²) in [6, 6.07) is 25.6. The maximum absolute atomic E-state index is 12.4. The van der Waals surface area contributed by atoms with Crippen molar-refractivity contribution in [3.05, 3.63) is 107 Å². The summed E-state index contributed by atoms with van der Waals surface area (Å²) in [5, 5.41) is 12.0. The molecule has 1 amide bonds. The SMILES string of the molecule is O=C(N[C@@H](Cc1ccccc1)C(=O)O)c1ccc(Cc2ccccc2)cc1. The van der Waals surface area contributed by atoms with Crippen LogP contribution in [0.2, 0.25) is 0 Å². The zero-order valence-electron chi connectivity index (χ0n) is 14.8. The van der Waals surface area contributed by atoms with E-state index in [1.807, 2.05) is 60.7 Å². The molecule has 27 heavy (non-hydrogen) atoms. The quantitative estimate of drug-likeness (QED) is 0.676. The van der Waals surface area contributed by atoms with Crippen molar-refractivity contribution in [1.29, 1.82) is 0 Å². The summed E-state index contributed by atoms with van der Waals surface area (Å²) in [6.45, 7) is 0. The zero-order chi connectivity index (χ0) is 19.1. The summed E-state index contributed by atoms with van der Waals surface area (Å²) in [4.78, 5) is 24.0. The molecule has 1 atom stereocenters. The Kier molecular flexibility index (Phi) is 6.00.